The lowest BCUT2D eigenvalue weighted by atomic mass is 10.0. The van der Waals surface area contributed by atoms with Crippen molar-refractivity contribution >= 4 is 5.97 Å². The van der Waals surface area contributed by atoms with Gasteiger partial charge in [0.05, 0.1) is 5.56 Å². The zero-order chi connectivity index (χ0) is 15.0. The molecule has 0 spiro atoms. The summed E-state index contributed by atoms with van der Waals surface area (Å²) in [4.78, 5) is 12.8. The summed E-state index contributed by atoms with van der Waals surface area (Å²) in [6.07, 6.45) is -4.08. The van der Waals surface area contributed by atoms with Crippen molar-refractivity contribution in [2.45, 2.75) is 24.7 Å². The standard InChI is InChI=1S/C13H15F3N2O2/c14-13(15,16)10-3-1-2-9(6-10)7-18-5-4-12(17,8-18)11(19)20/h1-3,6H,4-5,7-8,17H2,(H,19,20). The molecule has 1 saturated heterocycles. The average Bonchev–Trinajstić information content (AvgIpc) is 2.72. The van der Waals surface area contributed by atoms with Crippen molar-refractivity contribution in [1.29, 1.82) is 0 Å². The van der Waals surface area contributed by atoms with Gasteiger partial charge in [0.2, 0.25) is 0 Å². The second-order valence-electron chi connectivity index (χ2n) is 5.12. The molecule has 7 heteroatoms. The molecular formula is C13H15F3N2O2. The third-order valence-electron chi connectivity index (χ3n) is 3.47. The predicted octanol–water partition coefficient (Wildman–Crippen LogP) is 1.69. The number of likely N-dealkylation sites (tertiary alicyclic amines) is 1. The molecule has 1 heterocycles. The maximum absolute atomic E-state index is 12.6. The average molecular weight is 288 g/mol. The Kier molecular flexibility index (Phi) is 3.75. The molecule has 2 rings (SSSR count). The number of aliphatic carboxylic acids is 1. The van der Waals surface area contributed by atoms with Gasteiger partial charge in [0.1, 0.15) is 5.54 Å². The van der Waals surface area contributed by atoms with Crippen LogP contribution in [-0.2, 0) is 17.5 Å². The molecule has 1 aliphatic rings. The first-order valence-electron chi connectivity index (χ1n) is 6.11. The second kappa shape index (κ2) is 5.06. The molecule has 20 heavy (non-hydrogen) atoms. The number of hydrogen-bond acceptors (Lipinski definition) is 3. The summed E-state index contributed by atoms with van der Waals surface area (Å²) in [7, 11) is 0. The topological polar surface area (TPSA) is 66.6 Å². The summed E-state index contributed by atoms with van der Waals surface area (Å²) in [5, 5.41) is 9.01. The number of carboxylic acids is 1. The highest BCUT2D eigenvalue weighted by Gasteiger charge is 2.41. The summed E-state index contributed by atoms with van der Waals surface area (Å²) in [5.41, 5.74) is 4.21. The molecule has 0 radical (unpaired) electrons. The van der Waals surface area contributed by atoms with Crippen LogP contribution < -0.4 is 5.73 Å². The molecule has 1 atom stereocenters. The summed E-state index contributed by atoms with van der Waals surface area (Å²) in [6.45, 7) is 0.855. The fourth-order valence-electron chi connectivity index (χ4n) is 2.33. The third kappa shape index (κ3) is 3.10. The SMILES string of the molecule is NC1(C(=O)O)CCN(Cc2cccc(C(F)(F)F)c2)C1. The largest absolute Gasteiger partial charge is 0.480 e. The molecule has 0 aromatic heterocycles. The number of carbonyl (C=O) groups is 1. The van der Waals surface area contributed by atoms with Crippen LogP contribution in [0.2, 0.25) is 0 Å². The van der Waals surface area contributed by atoms with Crippen molar-refractivity contribution in [1.82, 2.24) is 4.90 Å². The van der Waals surface area contributed by atoms with Gasteiger partial charge in [-0.25, -0.2) is 0 Å². The molecule has 1 aromatic rings. The molecule has 1 fully saturated rings. The van der Waals surface area contributed by atoms with Crippen LogP contribution in [0.1, 0.15) is 17.5 Å². The first-order valence-corrected chi connectivity index (χ1v) is 6.11. The van der Waals surface area contributed by atoms with Gasteiger partial charge in [0.25, 0.3) is 0 Å². The Morgan fingerprint density at radius 3 is 2.70 bits per heavy atom. The van der Waals surface area contributed by atoms with Gasteiger partial charge in [-0.15, -0.1) is 0 Å². The number of benzene rings is 1. The Morgan fingerprint density at radius 1 is 1.45 bits per heavy atom. The fourth-order valence-corrected chi connectivity index (χ4v) is 2.33. The Bertz CT molecular complexity index is 519. The zero-order valence-corrected chi connectivity index (χ0v) is 10.7. The number of nitrogens with two attached hydrogens (primary N) is 1. The lowest BCUT2D eigenvalue weighted by molar-refractivity contribution is -0.142. The van der Waals surface area contributed by atoms with Gasteiger partial charge >= 0.3 is 12.1 Å². The number of alkyl halides is 3. The highest BCUT2D eigenvalue weighted by atomic mass is 19.4. The fraction of sp³-hybridized carbons (Fsp3) is 0.462. The monoisotopic (exact) mass is 288 g/mol. The van der Waals surface area contributed by atoms with Crippen LogP contribution in [0.25, 0.3) is 0 Å². The van der Waals surface area contributed by atoms with Gasteiger partial charge in [-0.05, 0) is 18.1 Å². The van der Waals surface area contributed by atoms with Crippen molar-refractivity contribution in [2.24, 2.45) is 5.73 Å². The molecule has 0 saturated carbocycles. The molecule has 3 N–H and O–H groups in total. The molecule has 1 aliphatic heterocycles. The van der Waals surface area contributed by atoms with Crippen molar-refractivity contribution in [3.8, 4) is 0 Å². The Morgan fingerprint density at radius 2 is 2.15 bits per heavy atom. The van der Waals surface area contributed by atoms with E-state index in [-0.39, 0.29) is 13.1 Å². The summed E-state index contributed by atoms with van der Waals surface area (Å²) < 4.78 is 37.8. The maximum atomic E-state index is 12.6. The maximum Gasteiger partial charge on any atom is 0.416 e. The number of hydrogen-bond donors (Lipinski definition) is 2. The molecule has 0 aliphatic carbocycles. The van der Waals surface area contributed by atoms with Crippen molar-refractivity contribution < 1.29 is 23.1 Å². The van der Waals surface area contributed by atoms with E-state index in [0.29, 0.717) is 18.5 Å². The minimum Gasteiger partial charge on any atom is -0.480 e. The van der Waals surface area contributed by atoms with Crippen LogP contribution >= 0.6 is 0 Å². The van der Waals surface area contributed by atoms with Gasteiger partial charge in [0, 0.05) is 19.6 Å². The second-order valence-corrected chi connectivity index (χ2v) is 5.12. The normalized spacial score (nSPS) is 24.0. The minimum absolute atomic E-state index is 0.137. The van der Waals surface area contributed by atoms with E-state index >= 15 is 0 Å². The molecule has 1 aromatic carbocycles. The van der Waals surface area contributed by atoms with Crippen LogP contribution in [-0.4, -0.2) is 34.6 Å². The van der Waals surface area contributed by atoms with Gasteiger partial charge in [0.15, 0.2) is 0 Å². The Labute approximate surface area is 114 Å². The van der Waals surface area contributed by atoms with Gasteiger partial charge in [-0.2, -0.15) is 13.2 Å². The smallest absolute Gasteiger partial charge is 0.416 e. The first kappa shape index (κ1) is 14.8. The predicted molar refractivity (Wildman–Crippen MR) is 65.9 cm³/mol. The number of carboxylic acid groups (broad SMARTS) is 1. The van der Waals surface area contributed by atoms with E-state index in [4.69, 9.17) is 10.8 Å². The molecular weight excluding hydrogens is 273 g/mol. The number of halogens is 3. The molecule has 0 amide bonds. The van der Waals surface area contributed by atoms with Crippen LogP contribution in [0.5, 0.6) is 0 Å². The van der Waals surface area contributed by atoms with E-state index < -0.39 is 23.2 Å². The van der Waals surface area contributed by atoms with E-state index in [2.05, 4.69) is 0 Å². The van der Waals surface area contributed by atoms with Crippen LogP contribution in [0, 0.1) is 0 Å². The zero-order valence-electron chi connectivity index (χ0n) is 10.7. The van der Waals surface area contributed by atoms with Crippen molar-refractivity contribution in [3.63, 3.8) is 0 Å². The molecule has 4 nitrogen and oxygen atoms in total. The first-order chi connectivity index (χ1) is 9.21. The highest BCUT2D eigenvalue weighted by Crippen LogP contribution is 2.30. The molecule has 1 unspecified atom stereocenters. The highest BCUT2D eigenvalue weighted by molar-refractivity contribution is 5.79. The van der Waals surface area contributed by atoms with Crippen LogP contribution in [0.15, 0.2) is 24.3 Å². The van der Waals surface area contributed by atoms with Gasteiger partial charge in [-0.1, -0.05) is 18.2 Å². The van der Waals surface area contributed by atoms with E-state index in [9.17, 15) is 18.0 Å². The van der Waals surface area contributed by atoms with E-state index in [1.54, 1.807) is 11.0 Å². The summed E-state index contributed by atoms with van der Waals surface area (Å²) in [6, 6.07) is 5.03. The van der Waals surface area contributed by atoms with Gasteiger partial charge in [-0.3, -0.25) is 9.69 Å². The van der Waals surface area contributed by atoms with Crippen LogP contribution in [0.4, 0.5) is 13.2 Å². The van der Waals surface area contributed by atoms with E-state index in [1.165, 1.54) is 6.07 Å². The van der Waals surface area contributed by atoms with E-state index in [0.717, 1.165) is 12.1 Å². The quantitative estimate of drug-likeness (QED) is 0.888. The summed E-state index contributed by atoms with van der Waals surface area (Å²) >= 11 is 0. The van der Waals surface area contributed by atoms with Crippen LogP contribution in [0.3, 0.4) is 0 Å². The van der Waals surface area contributed by atoms with Gasteiger partial charge < -0.3 is 10.8 Å². The molecule has 110 valence electrons. The Hall–Kier alpha value is -1.60. The lowest BCUT2D eigenvalue weighted by Gasteiger charge is -2.20. The Balaban J connectivity index is 2.07. The lowest BCUT2D eigenvalue weighted by Crippen LogP contribution is -2.50. The number of rotatable bonds is 3. The third-order valence-corrected chi connectivity index (χ3v) is 3.47. The minimum atomic E-state index is -4.38. The van der Waals surface area contributed by atoms with E-state index in [1.807, 2.05) is 0 Å². The molecule has 0 bridgehead atoms. The summed E-state index contributed by atoms with van der Waals surface area (Å²) in [5.74, 6) is -1.08. The number of nitrogens with zero attached hydrogens (tertiary/aromatic N) is 1. The van der Waals surface area contributed by atoms with Crippen molar-refractivity contribution in [2.75, 3.05) is 13.1 Å². The van der Waals surface area contributed by atoms with Crippen molar-refractivity contribution in [3.05, 3.63) is 35.4 Å².